The first kappa shape index (κ1) is 41.5. The maximum Gasteiger partial charge on any atom is 0.0465 e. The Hall–Kier alpha value is -7.94. The van der Waals surface area contributed by atoms with Crippen LogP contribution in [0.1, 0.15) is 61.1 Å². The van der Waals surface area contributed by atoms with Crippen LogP contribution in [0.5, 0.6) is 0 Å². The van der Waals surface area contributed by atoms with Crippen molar-refractivity contribution in [1.29, 1.82) is 0 Å². The topological polar surface area (TPSA) is 6.48 Å². The first-order chi connectivity index (χ1) is 33.1. The van der Waals surface area contributed by atoms with E-state index in [1.807, 2.05) is 0 Å². The lowest BCUT2D eigenvalue weighted by atomic mass is 9.76. The van der Waals surface area contributed by atoms with Gasteiger partial charge in [0.2, 0.25) is 0 Å². The van der Waals surface area contributed by atoms with Crippen LogP contribution in [-0.2, 0) is 10.8 Å². The Bertz CT molecular complexity index is 3250. The van der Waals surface area contributed by atoms with Gasteiger partial charge in [0.15, 0.2) is 0 Å². The van der Waals surface area contributed by atoms with Crippen LogP contribution in [0.25, 0.3) is 55.3 Å². The zero-order chi connectivity index (χ0) is 46.3. The van der Waals surface area contributed by atoms with Crippen LogP contribution in [0, 0.1) is 13.8 Å². The standard InChI is InChI=1S/C66H54N2/c1-43-23-19-21-33-51(43)61-55-41-60-64(54-38-36-50(40-58(54)66(60,5)6)68(47-29-15-9-16-30-47)48-31-17-10-18-32-48)62(52-34-22-20-24-44(52)2)56(55)42-59-63(61)53-37-35-49(39-57(53)65(59,3)4)67(45-25-11-7-12-26-45)46-27-13-8-14-28-46/h7-42H,1-6H3. The molecule has 2 heteroatoms. The lowest BCUT2D eigenvalue weighted by Crippen LogP contribution is -2.17. The van der Waals surface area contributed by atoms with Crippen LogP contribution >= 0.6 is 0 Å². The first-order valence-electron chi connectivity index (χ1n) is 24.0. The molecule has 0 N–H and O–H groups in total. The summed E-state index contributed by atoms with van der Waals surface area (Å²) in [5.74, 6) is 0. The smallest absolute Gasteiger partial charge is 0.0465 e. The number of nitrogens with zero attached hydrogens (tertiary/aromatic N) is 2. The van der Waals surface area contributed by atoms with Crippen molar-refractivity contribution < 1.29 is 0 Å². The second-order valence-corrected chi connectivity index (χ2v) is 19.8. The summed E-state index contributed by atoms with van der Waals surface area (Å²) in [6.07, 6.45) is 0. The van der Waals surface area contributed by atoms with Crippen molar-refractivity contribution in [3.8, 4) is 44.5 Å². The van der Waals surface area contributed by atoms with Gasteiger partial charge in [0.05, 0.1) is 0 Å². The van der Waals surface area contributed by atoms with Crippen LogP contribution in [0.2, 0.25) is 0 Å². The molecule has 0 unspecified atom stereocenters. The zero-order valence-electron chi connectivity index (χ0n) is 39.7. The molecular formula is C66H54N2. The van der Waals surface area contributed by atoms with Gasteiger partial charge in [-0.3, -0.25) is 0 Å². The summed E-state index contributed by atoms with van der Waals surface area (Å²) in [4.78, 5) is 4.78. The van der Waals surface area contributed by atoms with Crippen LogP contribution < -0.4 is 9.80 Å². The lowest BCUT2D eigenvalue weighted by Gasteiger charge is -2.28. The molecule has 2 aliphatic carbocycles. The molecule has 0 saturated heterocycles. The highest BCUT2D eigenvalue weighted by atomic mass is 15.1. The van der Waals surface area contributed by atoms with E-state index in [2.05, 4.69) is 270 Å². The minimum Gasteiger partial charge on any atom is -0.310 e. The fraction of sp³-hybridized carbons (Fsp3) is 0.121. The third-order valence-electron chi connectivity index (χ3n) is 15.1. The molecule has 0 bridgehead atoms. The van der Waals surface area contributed by atoms with Gasteiger partial charge in [0.25, 0.3) is 0 Å². The minimum atomic E-state index is -0.308. The van der Waals surface area contributed by atoms with Crippen molar-refractivity contribution in [3.63, 3.8) is 0 Å². The summed E-state index contributed by atoms with van der Waals surface area (Å²) in [6, 6.07) is 80.7. The quantitative estimate of drug-likeness (QED) is 0.150. The fourth-order valence-corrected chi connectivity index (χ4v) is 11.7. The summed E-state index contributed by atoms with van der Waals surface area (Å²) < 4.78 is 0. The van der Waals surface area contributed by atoms with Crippen LogP contribution in [0.15, 0.2) is 218 Å². The molecule has 328 valence electrons. The second-order valence-electron chi connectivity index (χ2n) is 19.8. The average molecular weight is 875 g/mol. The molecule has 0 heterocycles. The van der Waals surface area contributed by atoms with E-state index >= 15 is 0 Å². The molecule has 0 fully saturated rings. The molecule has 2 nitrogen and oxygen atoms in total. The Kier molecular flexibility index (Phi) is 9.67. The lowest BCUT2D eigenvalue weighted by molar-refractivity contribution is 0.660. The molecule has 10 aromatic rings. The Morgan fingerprint density at radius 2 is 0.574 bits per heavy atom. The van der Waals surface area contributed by atoms with Crippen molar-refractivity contribution in [2.75, 3.05) is 9.80 Å². The van der Waals surface area contributed by atoms with Gasteiger partial charge in [-0.05, 0) is 187 Å². The molecule has 0 amide bonds. The Morgan fingerprint density at radius 3 is 0.897 bits per heavy atom. The Labute approximate surface area is 401 Å². The number of para-hydroxylation sites is 4. The normalized spacial score (nSPS) is 13.7. The van der Waals surface area contributed by atoms with Crippen LogP contribution in [0.4, 0.5) is 34.1 Å². The van der Waals surface area contributed by atoms with Crippen molar-refractivity contribution in [2.24, 2.45) is 0 Å². The zero-order valence-corrected chi connectivity index (χ0v) is 39.7. The van der Waals surface area contributed by atoms with Crippen molar-refractivity contribution in [1.82, 2.24) is 0 Å². The number of fused-ring (bicyclic) bond motifs is 7. The van der Waals surface area contributed by atoms with Crippen molar-refractivity contribution in [3.05, 3.63) is 252 Å². The molecule has 0 aromatic heterocycles. The van der Waals surface area contributed by atoms with Crippen LogP contribution in [0.3, 0.4) is 0 Å². The van der Waals surface area contributed by atoms with E-state index in [-0.39, 0.29) is 10.8 Å². The average Bonchev–Trinajstić information content (AvgIpc) is 3.73. The van der Waals surface area contributed by atoms with Gasteiger partial charge >= 0.3 is 0 Å². The molecule has 12 rings (SSSR count). The summed E-state index contributed by atoms with van der Waals surface area (Å²) in [5, 5.41) is 2.60. The molecule has 10 aromatic carbocycles. The van der Waals surface area contributed by atoms with Gasteiger partial charge in [-0.1, -0.05) is 161 Å². The summed E-state index contributed by atoms with van der Waals surface area (Å²) in [6.45, 7) is 14.3. The molecule has 68 heavy (non-hydrogen) atoms. The molecule has 0 aliphatic heterocycles. The summed E-state index contributed by atoms with van der Waals surface area (Å²) in [7, 11) is 0. The maximum absolute atomic E-state index is 2.59. The number of anilines is 6. The van der Waals surface area contributed by atoms with E-state index < -0.39 is 0 Å². The number of hydrogen-bond donors (Lipinski definition) is 0. The highest BCUT2D eigenvalue weighted by molar-refractivity contribution is 6.17. The van der Waals surface area contributed by atoms with Crippen molar-refractivity contribution in [2.45, 2.75) is 52.4 Å². The van der Waals surface area contributed by atoms with Gasteiger partial charge in [-0.15, -0.1) is 0 Å². The molecular weight excluding hydrogens is 821 g/mol. The van der Waals surface area contributed by atoms with Gasteiger partial charge in [-0.25, -0.2) is 0 Å². The van der Waals surface area contributed by atoms with E-state index in [9.17, 15) is 0 Å². The van der Waals surface area contributed by atoms with E-state index in [4.69, 9.17) is 0 Å². The number of aryl methyl sites for hydroxylation is 2. The van der Waals surface area contributed by atoms with Gasteiger partial charge in [-0.2, -0.15) is 0 Å². The SMILES string of the molecule is Cc1ccccc1-c1c2c(cc3c(-c4ccccc4C)c4c(cc13)C(C)(C)c1cc(N(c3ccccc3)c3ccccc3)ccc1-4)C(C)(C)c1cc(N(c3ccccc3)c3ccccc3)ccc1-2. The van der Waals surface area contributed by atoms with E-state index in [1.54, 1.807) is 0 Å². The summed E-state index contributed by atoms with van der Waals surface area (Å²) >= 11 is 0. The summed E-state index contributed by atoms with van der Waals surface area (Å²) in [5.41, 5.74) is 24.7. The van der Waals surface area contributed by atoms with Gasteiger partial charge in [0, 0.05) is 45.0 Å². The highest BCUT2D eigenvalue weighted by Gasteiger charge is 2.43. The first-order valence-corrected chi connectivity index (χ1v) is 24.0. The molecule has 0 spiro atoms. The fourth-order valence-electron chi connectivity index (χ4n) is 11.7. The molecule has 0 atom stereocenters. The number of benzene rings is 10. The third-order valence-corrected chi connectivity index (χ3v) is 15.1. The number of hydrogen-bond acceptors (Lipinski definition) is 2. The molecule has 2 aliphatic rings. The second kappa shape index (κ2) is 15.9. The van der Waals surface area contributed by atoms with E-state index in [0.717, 1.165) is 34.1 Å². The number of rotatable bonds is 8. The minimum absolute atomic E-state index is 0.308. The Morgan fingerprint density at radius 1 is 0.265 bits per heavy atom. The molecule has 0 radical (unpaired) electrons. The van der Waals surface area contributed by atoms with Crippen LogP contribution in [-0.4, -0.2) is 0 Å². The molecule has 0 saturated carbocycles. The van der Waals surface area contributed by atoms with E-state index in [0.29, 0.717) is 0 Å². The highest BCUT2D eigenvalue weighted by Crippen LogP contribution is 2.61. The predicted octanol–water partition coefficient (Wildman–Crippen LogP) is 18.3. The third kappa shape index (κ3) is 6.39. The monoisotopic (exact) mass is 874 g/mol. The predicted molar refractivity (Wildman–Crippen MR) is 289 cm³/mol. The maximum atomic E-state index is 2.59. The van der Waals surface area contributed by atoms with Gasteiger partial charge < -0.3 is 9.80 Å². The Balaban J connectivity index is 1.14. The largest absolute Gasteiger partial charge is 0.310 e. The van der Waals surface area contributed by atoms with Crippen molar-refractivity contribution >= 4 is 44.9 Å². The van der Waals surface area contributed by atoms with E-state index in [1.165, 1.54) is 88.7 Å². The van der Waals surface area contributed by atoms with Gasteiger partial charge in [0.1, 0.15) is 0 Å².